The topological polar surface area (TPSA) is 53.4 Å². The van der Waals surface area contributed by atoms with Gasteiger partial charge in [0.05, 0.1) is 18.2 Å². The van der Waals surface area contributed by atoms with E-state index in [1.807, 2.05) is 10.7 Å². The van der Waals surface area contributed by atoms with E-state index in [0.717, 1.165) is 36.8 Å². The van der Waals surface area contributed by atoms with Crippen LogP contribution in [-0.4, -0.2) is 29.5 Å². The summed E-state index contributed by atoms with van der Waals surface area (Å²) < 4.78 is 12.3. The Morgan fingerprint density at radius 1 is 1.52 bits per heavy atom. The molecule has 0 radical (unpaired) electrons. The fourth-order valence-electron chi connectivity index (χ4n) is 2.63. The number of hydrogen-bond donors (Lipinski definition) is 0. The molecule has 5 nitrogen and oxygen atoms in total. The Bertz CT molecular complexity index is 721. The van der Waals surface area contributed by atoms with Gasteiger partial charge < -0.3 is 9.47 Å². The highest BCUT2D eigenvalue weighted by atomic mass is 16.5. The van der Waals surface area contributed by atoms with E-state index in [9.17, 15) is 4.79 Å². The van der Waals surface area contributed by atoms with Crippen LogP contribution in [0.15, 0.2) is 18.2 Å². The third-order valence-electron chi connectivity index (χ3n) is 3.69. The molecule has 1 saturated heterocycles. The number of ether oxygens (including phenoxy) is 2. The molecular weight excluding hydrogens is 268 g/mol. The van der Waals surface area contributed by atoms with Crippen LogP contribution in [0.1, 0.15) is 41.5 Å². The van der Waals surface area contributed by atoms with Crippen LogP contribution in [0.4, 0.5) is 0 Å². The first-order valence-corrected chi connectivity index (χ1v) is 6.93. The fourth-order valence-corrected chi connectivity index (χ4v) is 2.63. The number of aromatic nitrogens is 2. The van der Waals surface area contributed by atoms with Crippen molar-refractivity contribution in [3.05, 3.63) is 29.5 Å². The number of terminal acetylenes is 1. The zero-order chi connectivity index (χ0) is 14.8. The van der Waals surface area contributed by atoms with E-state index < -0.39 is 0 Å². The summed E-state index contributed by atoms with van der Waals surface area (Å²) in [6.07, 6.45) is 8.54. The number of hydrogen-bond acceptors (Lipinski definition) is 4. The summed E-state index contributed by atoms with van der Waals surface area (Å²) in [5.41, 5.74) is 1.86. The van der Waals surface area contributed by atoms with Crippen LogP contribution < -0.4 is 0 Å². The van der Waals surface area contributed by atoms with E-state index >= 15 is 0 Å². The molecule has 2 heterocycles. The summed E-state index contributed by atoms with van der Waals surface area (Å²) >= 11 is 0. The number of methoxy groups -OCH3 is 1. The fraction of sp³-hybridized carbons (Fsp3) is 0.375. The van der Waals surface area contributed by atoms with E-state index in [-0.39, 0.29) is 12.2 Å². The number of nitrogens with zero attached hydrogens (tertiary/aromatic N) is 2. The van der Waals surface area contributed by atoms with Crippen LogP contribution >= 0.6 is 0 Å². The third kappa shape index (κ3) is 2.39. The number of carbonyl (C=O) groups is 1. The molecule has 0 unspecified atom stereocenters. The Morgan fingerprint density at radius 2 is 2.38 bits per heavy atom. The van der Waals surface area contributed by atoms with E-state index in [1.54, 1.807) is 12.1 Å². The molecule has 1 aliphatic rings. The molecule has 2 aromatic rings. The normalized spacial score (nSPS) is 18.4. The van der Waals surface area contributed by atoms with Gasteiger partial charge in [0.1, 0.15) is 5.69 Å². The average Bonchev–Trinajstić information content (AvgIpc) is 2.92. The molecule has 5 heteroatoms. The molecule has 1 atom stereocenters. The molecule has 1 aliphatic heterocycles. The second-order valence-electron chi connectivity index (χ2n) is 4.98. The first-order valence-electron chi connectivity index (χ1n) is 6.93. The maximum atomic E-state index is 11.6. The Labute approximate surface area is 122 Å². The second-order valence-corrected chi connectivity index (χ2v) is 4.98. The number of carbonyl (C=O) groups excluding carboxylic acids is 1. The summed E-state index contributed by atoms with van der Waals surface area (Å²) in [5.74, 6) is 2.19. The van der Waals surface area contributed by atoms with Crippen molar-refractivity contribution in [1.29, 1.82) is 0 Å². The van der Waals surface area contributed by atoms with Gasteiger partial charge in [0.25, 0.3) is 0 Å². The number of rotatable bonds is 2. The van der Waals surface area contributed by atoms with Crippen molar-refractivity contribution in [2.45, 2.75) is 25.5 Å². The summed E-state index contributed by atoms with van der Waals surface area (Å²) in [5, 5.41) is 5.23. The number of fused-ring (bicyclic) bond motifs is 1. The molecule has 0 saturated carbocycles. The van der Waals surface area contributed by atoms with Crippen LogP contribution in [0.2, 0.25) is 0 Å². The minimum Gasteiger partial charge on any atom is -0.465 e. The van der Waals surface area contributed by atoms with Crippen molar-refractivity contribution in [2.75, 3.05) is 13.7 Å². The van der Waals surface area contributed by atoms with E-state index in [1.165, 1.54) is 7.11 Å². The van der Waals surface area contributed by atoms with Crippen LogP contribution in [0.5, 0.6) is 0 Å². The molecular formula is C16H16N2O3. The van der Waals surface area contributed by atoms with Gasteiger partial charge in [-0.15, -0.1) is 6.42 Å². The monoisotopic (exact) mass is 284 g/mol. The molecule has 0 amide bonds. The maximum absolute atomic E-state index is 11.6. The van der Waals surface area contributed by atoms with Crippen LogP contribution in [-0.2, 0) is 9.47 Å². The van der Waals surface area contributed by atoms with Gasteiger partial charge in [0, 0.05) is 12.0 Å². The van der Waals surface area contributed by atoms with E-state index in [0.29, 0.717) is 11.3 Å². The molecule has 0 bridgehead atoms. The highest BCUT2D eigenvalue weighted by Crippen LogP contribution is 2.28. The lowest BCUT2D eigenvalue weighted by atomic mass is 10.1. The third-order valence-corrected chi connectivity index (χ3v) is 3.69. The van der Waals surface area contributed by atoms with Crippen molar-refractivity contribution in [1.82, 2.24) is 9.78 Å². The summed E-state index contributed by atoms with van der Waals surface area (Å²) in [7, 11) is 1.36. The maximum Gasteiger partial charge on any atom is 0.337 e. The van der Waals surface area contributed by atoms with Gasteiger partial charge in [-0.3, -0.25) is 0 Å². The predicted molar refractivity (Wildman–Crippen MR) is 77.8 cm³/mol. The highest BCUT2D eigenvalue weighted by molar-refractivity contribution is 5.96. The Balaban J connectivity index is 2.11. The van der Waals surface area contributed by atoms with Gasteiger partial charge in [0.2, 0.25) is 0 Å². The first kappa shape index (κ1) is 13.7. The molecule has 1 aromatic carbocycles. The van der Waals surface area contributed by atoms with Crippen molar-refractivity contribution in [2.24, 2.45) is 0 Å². The summed E-state index contributed by atoms with van der Waals surface area (Å²) in [6, 6.07) is 5.28. The average molecular weight is 284 g/mol. The lowest BCUT2D eigenvalue weighted by Gasteiger charge is -2.23. The largest absolute Gasteiger partial charge is 0.465 e. The molecule has 0 aliphatic carbocycles. The molecule has 1 fully saturated rings. The Hall–Kier alpha value is -2.32. The van der Waals surface area contributed by atoms with Crippen molar-refractivity contribution in [3.63, 3.8) is 0 Å². The summed E-state index contributed by atoms with van der Waals surface area (Å²) in [4.78, 5) is 11.6. The van der Waals surface area contributed by atoms with Crippen molar-refractivity contribution in [3.8, 4) is 12.3 Å². The van der Waals surface area contributed by atoms with Gasteiger partial charge in [-0.05, 0) is 43.4 Å². The number of benzene rings is 1. The zero-order valence-electron chi connectivity index (χ0n) is 11.8. The SMILES string of the molecule is C#Cc1nn([C@@H]2CCCCO2)c2ccc(C(=O)OC)cc12. The van der Waals surface area contributed by atoms with Gasteiger partial charge in [-0.1, -0.05) is 0 Å². The molecule has 108 valence electrons. The quantitative estimate of drug-likeness (QED) is 0.628. The molecule has 1 aromatic heterocycles. The first-order chi connectivity index (χ1) is 10.2. The highest BCUT2D eigenvalue weighted by Gasteiger charge is 2.21. The van der Waals surface area contributed by atoms with E-state index in [4.69, 9.17) is 15.9 Å². The molecule has 0 spiro atoms. The predicted octanol–water partition coefficient (Wildman–Crippen LogP) is 2.50. The lowest BCUT2D eigenvalue weighted by molar-refractivity contribution is -0.0367. The van der Waals surface area contributed by atoms with Crippen molar-refractivity contribution < 1.29 is 14.3 Å². The van der Waals surface area contributed by atoms with Gasteiger partial charge in [-0.25, -0.2) is 9.48 Å². The van der Waals surface area contributed by atoms with Crippen molar-refractivity contribution >= 4 is 16.9 Å². The minimum atomic E-state index is -0.387. The standard InChI is InChI=1S/C16H16N2O3/c1-3-13-12-10-11(16(19)20-2)7-8-14(12)18(17-13)15-6-4-5-9-21-15/h1,7-8,10,15H,4-6,9H2,2H3/t15-/m0/s1. The summed E-state index contributed by atoms with van der Waals surface area (Å²) in [6.45, 7) is 0.734. The van der Waals surface area contributed by atoms with Crippen LogP contribution in [0, 0.1) is 12.3 Å². The smallest absolute Gasteiger partial charge is 0.337 e. The van der Waals surface area contributed by atoms with Crippen LogP contribution in [0.3, 0.4) is 0 Å². The lowest BCUT2D eigenvalue weighted by Crippen LogP contribution is -2.19. The van der Waals surface area contributed by atoms with Crippen LogP contribution in [0.25, 0.3) is 10.9 Å². The molecule has 21 heavy (non-hydrogen) atoms. The second kappa shape index (κ2) is 5.58. The van der Waals surface area contributed by atoms with Gasteiger partial charge in [-0.2, -0.15) is 5.10 Å². The Kier molecular flexibility index (Phi) is 3.63. The zero-order valence-corrected chi connectivity index (χ0v) is 11.8. The van der Waals surface area contributed by atoms with E-state index in [2.05, 4.69) is 11.0 Å². The Morgan fingerprint density at radius 3 is 3.05 bits per heavy atom. The molecule has 3 rings (SSSR count). The number of esters is 1. The minimum absolute atomic E-state index is 0.0904. The van der Waals surface area contributed by atoms with Gasteiger partial charge >= 0.3 is 5.97 Å². The van der Waals surface area contributed by atoms with Gasteiger partial charge in [0.15, 0.2) is 6.23 Å². The molecule has 0 N–H and O–H groups in total.